The van der Waals surface area contributed by atoms with Crippen LogP contribution in [-0.4, -0.2) is 49.6 Å². The number of benzene rings is 1. The number of halogens is 1. The molecule has 2 unspecified atom stereocenters. The van der Waals surface area contributed by atoms with E-state index in [1.54, 1.807) is 0 Å². The molecule has 1 aromatic carbocycles. The van der Waals surface area contributed by atoms with Crippen LogP contribution < -0.4 is 5.73 Å². The summed E-state index contributed by atoms with van der Waals surface area (Å²) >= 11 is 3.69. The summed E-state index contributed by atoms with van der Waals surface area (Å²) in [6, 6.07) is 8.92. The quantitative estimate of drug-likeness (QED) is 0.882. The lowest BCUT2D eigenvalue weighted by atomic mass is 9.92. The van der Waals surface area contributed by atoms with E-state index in [1.165, 1.54) is 29.4 Å². The van der Waals surface area contributed by atoms with Crippen molar-refractivity contribution in [3.05, 3.63) is 34.3 Å². The third-order valence-electron chi connectivity index (χ3n) is 4.39. The number of likely N-dealkylation sites (tertiary alicyclic amines) is 1. The van der Waals surface area contributed by atoms with Crippen LogP contribution in [0.4, 0.5) is 0 Å². The molecular formula is C17H28BrN3. The Morgan fingerprint density at radius 3 is 2.43 bits per heavy atom. The summed E-state index contributed by atoms with van der Waals surface area (Å²) in [7, 11) is 4.33. The monoisotopic (exact) mass is 353 g/mol. The molecule has 1 heterocycles. The van der Waals surface area contributed by atoms with Crippen molar-refractivity contribution in [3.8, 4) is 0 Å². The molecule has 2 N–H and O–H groups in total. The van der Waals surface area contributed by atoms with Crippen molar-refractivity contribution in [1.82, 2.24) is 9.80 Å². The van der Waals surface area contributed by atoms with Crippen LogP contribution in [0, 0.1) is 5.92 Å². The van der Waals surface area contributed by atoms with E-state index in [0.29, 0.717) is 6.04 Å². The summed E-state index contributed by atoms with van der Waals surface area (Å²) < 4.78 is 1.17. The molecule has 0 aromatic heterocycles. The van der Waals surface area contributed by atoms with Gasteiger partial charge in [-0.3, -0.25) is 4.90 Å². The van der Waals surface area contributed by atoms with Gasteiger partial charge in [0.25, 0.3) is 0 Å². The molecule has 1 aliphatic rings. The fourth-order valence-corrected chi connectivity index (χ4v) is 3.98. The lowest BCUT2D eigenvalue weighted by Gasteiger charge is -2.40. The number of nitrogens with two attached hydrogens (primary N) is 1. The van der Waals surface area contributed by atoms with E-state index in [1.807, 2.05) is 0 Å². The maximum Gasteiger partial charge on any atom is 0.0507 e. The van der Waals surface area contributed by atoms with E-state index in [-0.39, 0.29) is 6.04 Å². The number of nitrogens with zero attached hydrogens (tertiary/aromatic N) is 2. The molecule has 0 amide bonds. The molecule has 0 saturated carbocycles. The van der Waals surface area contributed by atoms with E-state index in [2.05, 4.69) is 71.0 Å². The normalized spacial score (nSPS) is 20.7. The maximum absolute atomic E-state index is 6.31. The van der Waals surface area contributed by atoms with Crippen LogP contribution in [0.25, 0.3) is 0 Å². The van der Waals surface area contributed by atoms with Gasteiger partial charge in [0, 0.05) is 17.1 Å². The van der Waals surface area contributed by atoms with E-state index >= 15 is 0 Å². The van der Waals surface area contributed by atoms with Crippen LogP contribution in [0.5, 0.6) is 0 Å². The van der Waals surface area contributed by atoms with Gasteiger partial charge in [-0.15, -0.1) is 0 Å². The highest BCUT2D eigenvalue weighted by Crippen LogP contribution is 2.32. The first-order valence-corrected chi connectivity index (χ1v) is 8.67. The van der Waals surface area contributed by atoms with E-state index in [0.717, 1.165) is 19.0 Å². The highest BCUT2D eigenvalue weighted by atomic mass is 79.9. The SMILES string of the molecule is CC(N)C(c1ccccc1Br)N1CCC(CN(C)C)CC1. The molecule has 3 nitrogen and oxygen atoms in total. The molecule has 118 valence electrons. The lowest BCUT2D eigenvalue weighted by molar-refractivity contribution is 0.108. The molecule has 1 aliphatic heterocycles. The van der Waals surface area contributed by atoms with Gasteiger partial charge >= 0.3 is 0 Å². The third kappa shape index (κ3) is 4.52. The Morgan fingerprint density at radius 1 is 1.29 bits per heavy atom. The minimum absolute atomic E-state index is 0.133. The van der Waals surface area contributed by atoms with Crippen molar-refractivity contribution >= 4 is 15.9 Å². The highest BCUT2D eigenvalue weighted by molar-refractivity contribution is 9.10. The second kappa shape index (κ2) is 7.73. The van der Waals surface area contributed by atoms with Crippen LogP contribution in [0.2, 0.25) is 0 Å². The molecule has 0 radical (unpaired) electrons. The molecule has 1 fully saturated rings. The fraction of sp³-hybridized carbons (Fsp3) is 0.647. The summed E-state index contributed by atoms with van der Waals surface area (Å²) in [4.78, 5) is 4.87. The number of rotatable bonds is 5. The van der Waals surface area contributed by atoms with Gasteiger partial charge in [-0.2, -0.15) is 0 Å². The van der Waals surface area contributed by atoms with Crippen molar-refractivity contribution in [2.24, 2.45) is 11.7 Å². The van der Waals surface area contributed by atoms with E-state index in [4.69, 9.17) is 5.73 Å². The van der Waals surface area contributed by atoms with Gasteiger partial charge in [0.15, 0.2) is 0 Å². The molecule has 0 aliphatic carbocycles. The van der Waals surface area contributed by atoms with Crippen molar-refractivity contribution in [3.63, 3.8) is 0 Å². The third-order valence-corrected chi connectivity index (χ3v) is 5.11. The Kier molecular flexibility index (Phi) is 6.23. The van der Waals surface area contributed by atoms with Crippen LogP contribution >= 0.6 is 15.9 Å². The van der Waals surface area contributed by atoms with Gasteiger partial charge in [0.1, 0.15) is 0 Å². The predicted octanol–water partition coefficient (Wildman–Crippen LogP) is 3.11. The topological polar surface area (TPSA) is 32.5 Å². The minimum atomic E-state index is 0.133. The first-order chi connectivity index (χ1) is 9.99. The molecule has 2 atom stereocenters. The first kappa shape index (κ1) is 16.9. The number of hydrogen-bond donors (Lipinski definition) is 1. The molecule has 0 spiro atoms. The Bertz CT molecular complexity index is 439. The Hall–Kier alpha value is -0.420. The van der Waals surface area contributed by atoms with Crippen molar-refractivity contribution < 1.29 is 0 Å². The summed E-state index contributed by atoms with van der Waals surface area (Å²) in [6.45, 7) is 5.61. The number of piperidine rings is 1. The second-order valence-electron chi connectivity index (χ2n) is 6.57. The molecule has 21 heavy (non-hydrogen) atoms. The predicted molar refractivity (Wildman–Crippen MR) is 93.4 cm³/mol. The molecule has 1 aromatic rings. The van der Waals surface area contributed by atoms with Crippen molar-refractivity contribution in [1.29, 1.82) is 0 Å². The smallest absolute Gasteiger partial charge is 0.0507 e. The van der Waals surface area contributed by atoms with Crippen LogP contribution in [0.15, 0.2) is 28.7 Å². The summed E-state index contributed by atoms with van der Waals surface area (Å²) in [5.74, 6) is 0.823. The van der Waals surface area contributed by atoms with Gasteiger partial charge < -0.3 is 10.6 Å². The van der Waals surface area contributed by atoms with Crippen LogP contribution in [0.3, 0.4) is 0 Å². The maximum atomic E-state index is 6.31. The molecule has 0 bridgehead atoms. The van der Waals surface area contributed by atoms with Gasteiger partial charge in [0.2, 0.25) is 0 Å². The van der Waals surface area contributed by atoms with Crippen LogP contribution in [0.1, 0.15) is 31.4 Å². The number of hydrogen-bond acceptors (Lipinski definition) is 3. The summed E-state index contributed by atoms with van der Waals surface area (Å²) in [5.41, 5.74) is 7.63. The van der Waals surface area contributed by atoms with Crippen molar-refractivity contribution in [2.75, 3.05) is 33.7 Å². The second-order valence-corrected chi connectivity index (χ2v) is 7.42. The van der Waals surface area contributed by atoms with Gasteiger partial charge in [-0.05, 0) is 64.5 Å². The Morgan fingerprint density at radius 2 is 1.90 bits per heavy atom. The van der Waals surface area contributed by atoms with E-state index in [9.17, 15) is 0 Å². The lowest BCUT2D eigenvalue weighted by Crippen LogP contribution is -2.45. The average Bonchev–Trinajstić information content (AvgIpc) is 2.42. The summed E-state index contributed by atoms with van der Waals surface area (Å²) in [6.07, 6.45) is 2.54. The zero-order valence-corrected chi connectivity index (χ0v) is 15.0. The standard InChI is InChI=1S/C17H28BrN3/c1-13(19)17(15-6-4-5-7-16(15)18)21-10-8-14(9-11-21)12-20(2)3/h4-7,13-14,17H,8-12,19H2,1-3H3. The van der Waals surface area contributed by atoms with Gasteiger partial charge in [0.05, 0.1) is 6.04 Å². The summed E-state index contributed by atoms with van der Waals surface area (Å²) in [5, 5.41) is 0. The molecule has 1 saturated heterocycles. The van der Waals surface area contributed by atoms with E-state index < -0.39 is 0 Å². The minimum Gasteiger partial charge on any atom is -0.326 e. The molecular weight excluding hydrogens is 326 g/mol. The van der Waals surface area contributed by atoms with Crippen LogP contribution in [-0.2, 0) is 0 Å². The first-order valence-electron chi connectivity index (χ1n) is 7.88. The molecule has 4 heteroatoms. The molecule has 2 rings (SSSR count). The Labute approximate surface area is 137 Å². The highest BCUT2D eigenvalue weighted by Gasteiger charge is 2.29. The zero-order chi connectivity index (χ0) is 15.4. The fourth-order valence-electron chi connectivity index (χ4n) is 3.46. The largest absolute Gasteiger partial charge is 0.326 e. The zero-order valence-electron chi connectivity index (χ0n) is 13.4. The van der Waals surface area contributed by atoms with Gasteiger partial charge in [-0.25, -0.2) is 0 Å². The Balaban J connectivity index is 2.06. The average molecular weight is 354 g/mol. The van der Waals surface area contributed by atoms with Crippen molar-refractivity contribution in [2.45, 2.75) is 31.8 Å². The van der Waals surface area contributed by atoms with Gasteiger partial charge in [-0.1, -0.05) is 34.1 Å².